The first-order chi connectivity index (χ1) is 14.2. The van der Waals surface area contributed by atoms with Crippen LogP contribution in [0.3, 0.4) is 0 Å². The van der Waals surface area contributed by atoms with Gasteiger partial charge in [0.2, 0.25) is 0 Å². The molecule has 150 valence electrons. The summed E-state index contributed by atoms with van der Waals surface area (Å²) >= 11 is 0. The molecular weight excluding hydrogens is 364 g/mol. The number of anilines is 1. The van der Waals surface area contributed by atoms with E-state index < -0.39 is 0 Å². The van der Waals surface area contributed by atoms with Crippen LogP contribution in [0.15, 0.2) is 42.6 Å². The van der Waals surface area contributed by atoms with Gasteiger partial charge in [-0.25, -0.2) is 4.68 Å². The molecule has 7 nitrogen and oxygen atoms in total. The van der Waals surface area contributed by atoms with Crippen LogP contribution >= 0.6 is 0 Å². The summed E-state index contributed by atoms with van der Waals surface area (Å²) in [6.45, 7) is 3.75. The summed E-state index contributed by atoms with van der Waals surface area (Å²) in [6.07, 6.45) is 6.05. The van der Waals surface area contributed by atoms with Gasteiger partial charge < -0.3 is 10.2 Å². The monoisotopic (exact) mass is 390 g/mol. The first kappa shape index (κ1) is 18.0. The van der Waals surface area contributed by atoms with E-state index in [1.807, 2.05) is 41.9 Å². The molecule has 7 heteroatoms. The minimum Gasteiger partial charge on any atom is -0.355 e. The third kappa shape index (κ3) is 3.64. The molecule has 2 fully saturated rings. The predicted octanol–water partition coefficient (Wildman–Crippen LogP) is 3.18. The van der Waals surface area contributed by atoms with Gasteiger partial charge >= 0.3 is 0 Å². The van der Waals surface area contributed by atoms with Crippen molar-refractivity contribution in [3.63, 3.8) is 0 Å². The Balaban J connectivity index is 1.19. The molecule has 5 rings (SSSR count). The molecule has 1 saturated heterocycles. The smallest absolute Gasteiger partial charge is 0.254 e. The highest BCUT2D eigenvalue weighted by Crippen LogP contribution is 2.40. The second kappa shape index (κ2) is 7.39. The van der Waals surface area contributed by atoms with Crippen molar-refractivity contribution < 1.29 is 4.79 Å². The van der Waals surface area contributed by atoms with E-state index in [9.17, 15) is 4.79 Å². The number of nitrogens with one attached hydrogen (secondary N) is 2. The second-order valence-corrected chi connectivity index (χ2v) is 8.08. The average Bonchev–Trinajstić information content (AvgIpc) is 3.35. The van der Waals surface area contributed by atoms with Gasteiger partial charge in [-0.05, 0) is 44.7 Å². The molecule has 1 aliphatic carbocycles. The van der Waals surface area contributed by atoms with Gasteiger partial charge in [0, 0.05) is 36.8 Å². The van der Waals surface area contributed by atoms with Crippen LogP contribution in [0, 0.1) is 6.92 Å². The van der Waals surface area contributed by atoms with Crippen molar-refractivity contribution >= 4 is 11.7 Å². The molecule has 0 radical (unpaired) electrons. The number of piperidine rings is 1. The summed E-state index contributed by atoms with van der Waals surface area (Å²) in [5, 5.41) is 15.3. The molecule has 29 heavy (non-hydrogen) atoms. The molecule has 1 saturated carbocycles. The molecule has 0 spiro atoms. The zero-order chi connectivity index (χ0) is 19.8. The highest BCUT2D eigenvalue weighted by atomic mass is 16.1. The molecule has 2 N–H and O–H groups in total. The molecule has 1 aliphatic heterocycles. The summed E-state index contributed by atoms with van der Waals surface area (Å²) in [7, 11) is 0. The molecule has 1 amide bonds. The first-order valence-corrected chi connectivity index (χ1v) is 10.4. The van der Waals surface area contributed by atoms with Crippen LogP contribution in [-0.2, 0) is 0 Å². The Kier molecular flexibility index (Phi) is 4.58. The molecule has 3 heterocycles. The lowest BCUT2D eigenvalue weighted by atomic mass is 10.0. The Bertz CT molecular complexity index is 995. The van der Waals surface area contributed by atoms with Gasteiger partial charge in [-0.1, -0.05) is 18.2 Å². The summed E-state index contributed by atoms with van der Waals surface area (Å²) in [5.41, 5.74) is 3.72. The molecule has 3 aromatic rings. The maximum atomic E-state index is 12.8. The molecule has 2 aromatic heterocycles. The number of carbonyl (C=O) groups is 1. The second-order valence-electron chi connectivity index (χ2n) is 8.08. The van der Waals surface area contributed by atoms with Crippen LogP contribution in [0.1, 0.15) is 53.3 Å². The van der Waals surface area contributed by atoms with E-state index in [4.69, 9.17) is 0 Å². The van der Waals surface area contributed by atoms with E-state index in [-0.39, 0.29) is 11.9 Å². The predicted molar refractivity (Wildman–Crippen MR) is 112 cm³/mol. The summed E-state index contributed by atoms with van der Waals surface area (Å²) in [6, 6.07) is 12.3. The molecule has 0 bridgehead atoms. The van der Waals surface area contributed by atoms with Crippen LogP contribution in [0.5, 0.6) is 0 Å². The Morgan fingerprint density at radius 1 is 1.14 bits per heavy atom. The summed E-state index contributed by atoms with van der Waals surface area (Å²) in [4.78, 5) is 15.1. The Labute approximate surface area is 170 Å². The zero-order valence-corrected chi connectivity index (χ0v) is 16.6. The quantitative estimate of drug-likeness (QED) is 0.701. The lowest BCUT2D eigenvalue weighted by Crippen LogP contribution is -2.45. The van der Waals surface area contributed by atoms with E-state index >= 15 is 0 Å². The van der Waals surface area contributed by atoms with Crippen LogP contribution < -0.4 is 10.2 Å². The maximum Gasteiger partial charge on any atom is 0.254 e. The summed E-state index contributed by atoms with van der Waals surface area (Å²) in [5.74, 6) is 1.68. The number of para-hydroxylation sites is 1. The Hall–Kier alpha value is -3.09. The largest absolute Gasteiger partial charge is 0.355 e. The third-order valence-corrected chi connectivity index (χ3v) is 6.01. The van der Waals surface area contributed by atoms with Crippen LogP contribution in [-0.4, -0.2) is 45.0 Å². The van der Waals surface area contributed by atoms with Crippen molar-refractivity contribution in [2.75, 3.05) is 18.0 Å². The van der Waals surface area contributed by atoms with Gasteiger partial charge in [-0.3, -0.25) is 9.89 Å². The molecule has 2 aliphatic rings. The van der Waals surface area contributed by atoms with Crippen molar-refractivity contribution in [3.8, 4) is 5.69 Å². The van der Waals surface area contributed by atoms with Gasteiger partial charge in [0.25, 0.3) is 5.91 Å². The van der Waals surface area contributed by atoms with E-state index in [0.29, 0.717) is 11.5 Å². The standard InChI is InChI=1S/C22H26N6O/c1-15-19(14-23-28(15)18-5-3-2-4-6-18)22(29)24-17-9-11-27(12-10-17)21-13-20(25-26-21)16-7-8-16/h2-6,13-14,16-17H,7-12H2,1H3,(H,24,29)(H,25,26). The van der Waals surface area contributed by atoms with Crippen molar-refractivity contribution in [2.45, 2.75) is 44.6 Å². The normalized spacial score (nSPS) is 17.5. The highest BCUT2D eigenvalue weighted by Gasteiger charge is 2.28. The fourth-order valence-corrected chi connectivity index (χ4v) is 4.07. The van der Waals surface area contributed by atoms with Crippen molar-refractivity contribution in [3.05, 3.63) is 59.5 Å². The maximum absolute atomic E-state index is 12.8. The molecule has 0 unspecified atom stereocenters. The molecule has 1 aromatic carbocycles. The number of aromatic amines is 1. The van der Waals surface area contributed by atoms with E-state index in [1.165, 1.54) is 18.5 Å². The number of hydrogen-bond acceptors (Lipinski definition) is 4. The zero-order valence-electron chi connectivity index (χ0n) is 16.6. The molecular formula is C22H26N6O. The fourth-order valence-electron chi connectivity index (χ4n) is 4.07. The van der Waals surface area contributed by atoms with Gasteiger partial charge in [0.1, 0.15) is 0 Å². The van der Waals surface area contributed by atoms with Crippen molar-refractivity contribution in [2.24, 2.45) is 0 Å². The number of carbonyl (C=O) groups excluding carboxylic acids is 1. The van der Waals surface area contributed by atoms with Crippen LogP contribution in [0.2, 0.25) is 0 Å². The highest BCUT2D eigenvalue weighted by molar-refractivity contribution is 5.95. The van der Waals surface area contributed by atoms with E-state index in [0.717, 1.165) is 43.1 Å². The van der Waals surface area contributed by atoms with Crippen molar-refractivity contribution in [1.29, 1.82) is 0 Å². The fraction of sp³-hybridized carbons (Fsp3) is 0.409. The number of hydrogen-bond donors (Lipinski definition) is 2. The first-order valence-electron chi connectivity index (χ1n) is 10.4. The van der Waals surface area contributed by atoms with E-state index in [1.54, 1.807) is 6.20 Å². The number of aromatic nitrogens is 4. The summed E-state index contributed by atoms with van der Waals surface area (Å²) < 4.78 is 1.81. The van der Waals surface area contributed by atoms with Gasteiger partial charge in [-0.15, -0.1) is 0 Å². The minimum absolute atomic E-state index is 0.0427. The number of H-pyrrole nitrogens is 1. The number of rotatable bonds is 5. The van der Waals surface area contributed by atoms with E-state index in [2.05, 4.69) is 31.6 Å². The van der Waals surface area contributed by atoms with Crippen molar-refractivity contribution in [1.82, 2.24) is 25.3 Å². The Morgan fingerprint density at radius 2 is 1.90 bits per heavy atom. The average molecular weight is 390 g/mol. The lowest BCUT2D eigenvalue weighted by Gasteiger charge is -2.32. The topological polar surface area (TPSA) is 78.8 Å². The Morgan fingerprint density at radius 3 is 2.62 bits per heavy atom. The number of nitrogens with zero attached hydrogens (tertiary/aromatic N) is 4. The lowest BCUT2D eigenvalue weighted by molar-refractivity contribution is 0.0930. The minimum atomic E-state index is -0.0427. The molecule has 0 atom stereocenters. The van der Waals surface area contributed by atoms with Crippen LogP contribution in [0.25, 0.3) is 5.69 Å². The van der Waals surface area contributed by atoms with Gasteiger partial charge in [-0.2, -0.15) is 10.2 Å². The van der Waals surface area contributed by atoms with Gasteiger partial charge in [0.05, 0.1) is 23.1 Å². The third-order valence-electron chi connectivity index (χ3n) is 6.01. The van der Waals surface area contributed by atoms with Crippen LogP contribution in [0.4, 0.5) is 5.82 Å². The van der Waals surface area contributed by atoms with Gasteiger partial charge in [0.15, 0.2) is 5.82 Å². The number of amides is 1. The number of benzene rings is 1. The SMILES string of the molecule is Cc1c(C(=O)NC2CCN(c3cc(C4CC4)[nH]n3)CC2)cnn1-c1ccccc1.